The van der Waals surface area contributed by atoms with Crippen LogP contribution in [0.15, 0.2) is 59.2 Å². The molecule has 2 fully saturated rings. The maximum atomic E-state index is 13.4. The number of rotatable bonds is 7. The normalized spacial score (nSPS) is 22.5. The lowest BCUT2D eigenvalue weighted by molar-refractivity contribution is -0.156. The zero-order valence-corrected chi connectivity index (χ0v) is 21.5. The highest BCUT2D eigenvalue weighted by Crippen LogP contribution is 2.44. The number of benzene rings is 2. The first-order chi connectivity index (χ1) is 18.1. The minimum Gasteiger partial charge on any atom is -0.497 e. The van der Waals surface area contributed by atoms with Crippen LogP contribution in [0.3, 0.4) is 0 Å². The van der Waals surface area contributed by atoms with Gasteiger partial charge in [-0.05, 0) is 79.1 Å². The summed E-state index contributed by atoms with van der Waals surface area (Å²) in [6.07, 6.45) is 8.76. The summed E-state index contributed by atoms with van der Waals surface area (Å²) in [5.41, 5.74) is 4.14. The second kappa shape index (κ2) is 11.2. The lowest BCUT2D eigenvalue weighted by Gasteiger charge is -2.29. The Labute approximate surface area is 218 Å². The molecule has 2 aromatic rings. The fraction of sp³-hybridized carbons (Fsp3) is 0.433. The Kier molecular flexibility index (Phi) is 7.58. The SMILES string of the molecule is COc1ccc(C=C2CCCC3C2=NN(C(=O)COC(=O)C2CCCC2)C3c2ccc(OC)cc2)cc1. The summed E-state index contributed by atoms with van der Waals surface area (Å²) >= 11 is 0. The molecule has 0 N–H and O–H groups in total. The number of hydrogen-bond acceptors (Lipinski definition) is 6. The molecule has 1 amide bonds. The molecule has 1 heterocycles. The predicted molar refractivity (Wildman–Crippen MR) is 141 cm³/mol. The van der Waals surface area contributed by atoms with Crippen LogP contribution in [0.2, 0.25) is 0 Å². The molecule has 0 bridgehead atoms. The number of hydrogen-bond donors (Lipinski definition) is 0. The maximum absolute atomic E-state index is 13.4. The van der Waals surface area contributed by atoms with Crippen molar-refractivity contribution in [3.63, 3.8) is 0 Å². The van der Waals surface area contributed by atoms with Gasteiger partial charge < -0.3 is 14.2 Å². The van der Waals surface area contributed by atoms with Gasteiger partial charge in [-0.1, -0.05) is 37.1 Å². The van der Waals surface area contributed by atoms with Crippen LogP contribution in [0, 0.1) is 11.8 Å². The van der Waals surface area contributed by atoms with Gasteiger partial charge in [0.15, 0.2) is 6.61 Å². The summed E-state index contributed by atoms with van der Waals surface area (Å²) < 4.78 is 16.1. The van der Waals surface area contributed by atoms with Crippen molar-refractivity contribution in [2.75, 3.05) is 20.8 Å². The fourth-order valence-electron chi connectivity index (χ4n) is 5.72. The number of hydrazone groups is 1. The monoisotopic (exact) mass is 502 g/mol. The molecule has 5 rings (SSSR count). The van der Waals surface area contributed by atoms with Gasteiger partial charge in [-0.3, -0.25) is 9.59 Å². The number of carbonyl (C=O) groups excluding carboxylic acids is 2. The van der Waals surface area contributed by atoms with E-state index < -0.39 is 0 Å². The van der Waals surface area contributed by atoms with Crippen LogP contribution in [0.25, 0.3) is 6.08 Å². The molecule has 194 valence electrons. The average molecular weight is 503 g/mol. The minimum atomic E-state index is -0.294. The van der Waals surface area contributed by atoms with E-state index in [1.807, 2.05) is 48.5 Å². The van der Waals surface area contributed by atoms with Crippen LogP contribution in [-0.2, 0) is 14.3 Å². The molecule has 1 aliphatic heterocycles. The highest BCUT2D eigenvalue weighted by Gasteiger charge is 2.44. The molecule has 7 heteroatoms. The topological polar surface area (TPSA) is 77.4 Å². The molecule has 2 saturated carbocycles. The molecule has 2 aliphatic carbocycles. The number of fused-ring (bicyclic) bond motifs is 1. The molecule has 2 aromatic carbocycles. The number of nitrogens with zero attached hydrogens (tertiary/aromatic N) is 2. The Hall–Kier alpha value is -3.61. The zero-order chi connectivity index (χ0) is 25.8. The van der Waals surface area contributed by atoms with E-state index in [9.17, 15) is 9.59 Å². The van der Waals surface area contributed by atoms with Crippen molar-refractivity contribution in [2.24, 2.45) is 16.9 Å². The van der Waals surface area contributed by atoms with Gasteiger partial charge in [0.1, 0.15) is 11.5 Å². The average Bonchev–Trinajstić information content (AvgIpc) is 3.61. The largest absolute Gasteiger partial charge is 0.497 e. The van der Waals surface area contributed by atoms with E-state index in [1.54, 1.807) is 19.2 Å². The van der Waals surface area contributed by atoms with Crippen molar-refractivity contribution in [1.82, 2.24) is 5.01 Å². The van der Waals surface area contributed by atoms with Gasteiger partial charge in [0.2, 0.25) is 0 Å². The van der Waals surface area contributed by atoms with Crippen LogP contribution < -0.4 is 9.47 Å². The smallest absolute Gasteiger partial charge is 0.309 e. The summed E-state index contributed by atoms with van der Waals surface area (Å²) in [6.45, 7) is -0.289. The fourth-order valence-corrected chi connectivity index (χ4v) is 5.72. The molecule has 2 unspecified atom stereocenters. The molecule has 2 atom stereocenters. The second-order valence-electron chi connectivity index (χ2n) is 9.97. The Bertz CT molecular complexity index is 1180. The molecule has 0 aromatic heterocycles. The number of carbonyl (C=O) groups is 2. The first kappa shape index (κ1) is 25.1. The van der Waals surface area contributed by atoms with Crippen LogP contribution >= 0.6 is 0 Å². The Morgan fingerprint density at radius 1 is 0.919 bits per heavy atom. The molecule has 3 aliphatic rings. The zero-order valence-electron chi connectivity index (χ0n) is 21.5. The highest BCUT2D eigenvalue weighted by molar-refractivity contribution is 6.08. The third-order valence-corrected chi connectivity index (χ3v) is 7.70. The molecule has 7 nitrogen and oxygen atoms in total. The molecule has 37 heavy (non-hydrogen) atoms. The molecule has 0 saturated heterocycles. The first-order valence-corrected chi connectivity index (χ1v) is 13.1. The number of amides is 1. The van der Waals surface area contributed by atoms with Gasteiger partial charge in [-0.2, -0.15) is 5.10 Å². The van der Waals surface area contributed by atoms with Gasteiger partial charge in [0.05, 0.1) is 31.9 Å². The first-order valence-electron chi connectivity index (χ1n) is 13.1. The quantitative estimate of drug-likeness (QED) is 0.463. The van der Waals surface area contributed by atoms with Gasteiger partial charge >= 0.3 is 5.97 Å². The Balaban J connectivity index is 1.42. The van der Waals surface area contributed by atoms with Gasteiger partial charge in [0, 0.05) is 5.92 Å². The van der Waals surface area contributed by atoms with E-state index in [2.05, 4.69) is 6.08 Å². The summed E-state index contributed by atoms with van der Waals surface area (Å²) in [5, 5.41) is 6.43. The summed E-state index contributed by atoms with van der Waals surface area (Å²) in [4.78, 5) is 25.9. The maximum Gasteiger partial charge on any atom is 0.309 e. The third-order valence-electron chi connectivity index (χ3n) is 7.70. The standard InChI is InChI=1S/C30H34N2O5/c1-35-24-14-10-20(11-15-24)18-23-8-5-9-26-28(23)31-32(29(26)21-12-16-25(36-2)17-13-21)27(33)19-37-30(34)22-6-3-4-7-22/h10-18,22,26,29H,3-9,19H2,1-2H3. The van der Waals surface area contributed by atoms with Crippen LogP contribution in [-0.4, -0.2) is 43.4 Å². The molecular weight excluding hydrogens is 468 g/mol. The lowest BCUT2D eigenvalue weighted by atomic mass is 9.77. The third kappa shape index (κ3) is 5.41. The minimum absolute atomic E-state index is 0.0705. The van der Waals surface area contributed by atoms with Crippen LogP contribution in [0.5, 0.6) is 11.5 Å². The van der Waals surface area contributed by atoms with Crippen LogP contribution in [0.4, 0.5) is 0 Å². The number of methoxy groups -OCH3 is 2. The van der Waals surface area contributed by atoms with Crippen molar-refractivity contribution in [1.29, 1.82) is 0 Å². The van der Waals surface area contributed by atoms with Crippen molar-refractivity contribution in [3.8, 4) is 11.5 Å². The van der Waals surface area contributed by atoms with E-state index in [0.29, 0.717) is 0 Å². The summed E-state index contributed by atoms with van der Waals surface area (Å²) in [6, 6.07) is 15.5. The van der Waals surface area contributed by atoms with Gasteiger partial charge in [-0.15, -0.1) is 0 Å². The van der Waals surface area contributed by atoms with E-state index in [1.165, 1.54) is 0 Å². The lowest BCUT2D eigenvalue weighted by Crippen LogP contribution is -2.35. The molecular formula is C30H34N2O5. The summed E-state index contributed by atoms with van der Waals surface area (Å²) in [7, 11) is 3.29. The highest BCUT2D eigenvalue weighted by atomic mass is 16.5. The molecule has 0 spiro atoms. The Morgan fingerprint density at radius 2 is 1.57 bits per heavy atom. The van der Waals surface area contributed by atoms with E-state index in [0.717, 1.165) is 78.9 Å². The predicted octanol–water partition coefficient (Wildman–Crippen LogP) is 5.56. The van der Waals surface area contributed by atoms with Gasteiger partial charge in [-0.25, -0.2) is 5.01 Å². The van der Waals surface area contributed by atoms with E-state index >= 15 is 0 Å². The van der Waals surface area contributed by atoms with Gasteiger partial charge in [0.25, 0.3) is 5.91 Å². The van der Waals surface area contributed by atoms with E-state index in [4.69, 9.17) is 19.3 Å². The number of esters is 1. The number of allylic oxidation sites excluding steroid dienone is 1. The van der Waals surface area contributed by atoms with Crippen molar-refractivity contribution < 1.29 is 23.8 Å². The second-order valence-corrected chi connectivity index (χ2v) is 9.97. The van der Waals surface area contributed by atoms with Crippen molar-refractivity contribution in [3.05, 3.63) is 65.2 Å². The number of ether oxygens (including phenoxy) is 3. The Morgan fingerprint density at radius 3 is 2.22 bits per heavy atom. The van der Waals surface area contributed by atoms with E-state index in [-0.39, 0.29) is 36.4 Å². The summed E-state index contributed by atoms with van der Waals surface area (Å²) in [5.74, 6) is 0.993. The van der Waals surface area contributed by atoms with Crippen molar-refractivity contribution >= 4 is 23.7 Å². The van der Waals surface area contributed by atoms with Crippen LogP contribution in [0.1, 0.15) is 62.1 Å². The molecule has 0 radical (unpaired) electrons. The van der Waals surface area contributed by atoms with Crippen molar-refractivity contribution in [2.45, 2.75) is 51.0 Å².